The number of hydrogen-bond donors (Lipinski definition) is 1. The summed E-state index contributed by atoms with van der Waals surface area (Å²) in [7, 11) is 0. The lowest BCUT2D eigenvalue weighted by molar-refractivity contribution is 0.356. The van der Waals surface area contributed by atoms with Crippen molar-refractivity contribution in [1.29, 1.82) is 0 Å². The lowest BCUT2D eigenvalue weighted by atomic mass is 10.0. The van der Waals surface area contributed by atoms with Crippen LogP contribution in [0.5, 0.6) is 5.75 Å². The van der Waals surface area contributed by atoms with Gasteiger partial charge in [0.2, 0.25) is 0 Å². The van der Waals surface area contributed by atoms with Crippen LogP contribution in [0.4, 0.5) is 0 Å². The van der Waals surface area contributed by atoms with Gasteiger partial charge in [0.15, 0.2) is 0 Å². The summed E-state index contributed by atoms with van der Waals surface area (Å²) in [5.41, 5.74) is 4.98. The van der Waals surface area contributed by atoms with Crippen LogP contribution in [0.2, 0.25) is 0 Å². The van der Waals surface area contributed by atoms with Gasteiger partial charge in [-0.2, -0.15) is 0 Å². The second-order valence-corrected chi connectivity index (χ2v) is 5.34. The third-order valence-corrected chi connectivity index (χ3v) is 3.91. The Bertz CT molecular complexity index is 610. The summed E-state index contributed by atoms with van der Waals surface area (Å²) in [5, 5.41) is 3.54. The van der Waals surface area contributed by atoms with E-state index in [9.17, 15) is 0 Å². The first kappa shape index (κ1) is 13.1. The third kappa shape index (κ3) is 2.68. The van der Waals surface area contributed by atoms with Crippen LogP contribution in [0.3, 0.4) is 0 Å². The van der Waals surface area contributed by atoms with Crippen LogP contribution in [0, 0.1) is 6.92 Å². The van der Waals surface area contributed by atoms with Crippen molar-refractivity contribution in [2.24, 2.45) is 0 Å². The van der Waals surface area contributed by atoms with Crippen LogP contribution >= 0.6 is 0 Å². The minimum Gasteiger partial charge on any atom is -0.493 e. The zero-order valence-corrected chi connectivity index (χ0v) is 12.0. The molecular weight excluding hydrogens is 248 g/mol. The summed E-state index contributed by atoms with van der Waals surface area (Å²) in [6.07, 6.45) is 2.87. The molecule has 3 heteroatoms. The van der Waals surface area contributed by atoms with Gasteiger partial charge < -0.3 is 10.1 Å². The van der Waals surface area contributed by atoms with Crippen LogP contribution < -0.4 is 10.1 Å². The van der Waals surface area contributed by atoms with E-state index in [1.165, 1.54) is 16.7 Å². The third-order valence-electron chi connectivity index (χ3n) is 3.91. The number of nitrogens with one attached hydrogen (secondary N) is 1. The molecule has 20 heavy (non-hydrogen) atoms. The number of pyridine rings is 1. The van der Waals surface area contributed by atoms with E-state index < -0.39 is 0 Å². The van der Waals surface area contributed by atoms with Gasteiger partial charge >= 0.3 is 0 Å². The fourth-order valence-corrected chi connectivity index (χ4v) is 2.55. The van der Waals surface area contributed by atoms with E-state index in [2.05, 4.69) is 48.4 Å². The van der Waals surface area contributed by atoms with E-state index in [0.717, 1.165) is 31.0 Å². The van der Waals surface area contributed by atoms with Crippen molar-refractivity contribution in [1.82, 2.24) is 10.3 Å². The van der Waals surface area contributed by atoms with Crippen molar-refractivity contribution >= 4 is 0 Å². The Balaban J connectivity index is 1.67. The van der Waals surface area contributed by atoms with E-state index >= 15 is 0 Å². The molecule has 1 aromatic heterocycles. The number of aromatic nitrogens is 1. The van der Waals surface area contributed by atoms with E-state index in [4.69, 9.17) is 4.74 Å². The molecule has 1 aliphatic heterocycles. The Labute approximate surface area is 120 Å². The van der Waals surface area contributed by atoms with E-state index in [1.54, 1.807) is 0 Å². The summed E-state index contributed by atoms with van der Waals surface area (Å²) >= 11 is 0. The Kier molecular flexibility index (Phi) is 3.70. The lowest BCUT2D eigenvalue weighted by Crippen LogP contribution is -2.19. The zero-order chi connectivity index (χ0) is 13.9. The van der Waals surface area contributed by atoms with Gasteiger partial charge in [-0.25, -0.2) is 0 Å². The molecule has 1 aromatic carbocycles. The molecule has 1 aliphatic rings. The molecule has 0 fully saturated rings. The summed E-state index contributed by atoms with van der Waals surface area (Å²) in [4.78, 5) is 4.42. The molecule has 0 saturated carbocycles. The van der Waals surface area contributed by atoms with Gasteiger partial charge in [0, 0.05) is 25.2 Å². The first-order valence-corrected chi connectivity index (χ1v) is 7.13. The number of hydrogen-bond acceptors (Lipinski definition) is 3. The van der Waals surface area contributed by atoms with E-state index in [-0.39, 0.29) is 0 Å². The first-order valence-electron chi connectivity index (χ1n) is 7.13. The van der Waals surface area contributed by atoms with Crippen molar-refractivity contribution < 1.29 is 4.74 Å². The first-order chi connectivity index (χ1) is 9.74. The predicted octanol–water partition coefficient (Wildman–Crippen LogP) is 3.18. The van der Waals surface area contributed by atoms with Crippen molar-refractivity contribution in [3.8, 4) is 5.75 Å². The molecule has 0 radical (unpaired) electrons. The minimum atomic E-state index is 0.308. The van der Waals surface area contributed by atoms with Gasteiger partial charge in [-0.05, 0) is 42.7 Å². The Morgan fingerprint density at radius 1 is 1.35 bits per heavy atom. The quantitative estimate of drug-likeness (QED) is 0.924. The highest BCUT2D eigenvalue weighted by Gasteiger charge is 2.14. The van der Waals surface area contributed by atoms with Crippen LogP contribution in [0.15, 0.2) is 36.5 Å². The largest absolute Gasteiger partial charge is 0.493 e. The molecule has 0 aliphatic carbocycles. The van der Waals surface area contributed by atoms with Crippen LogP contribution in [-0.4, -0.2) is 11.6 Å². The Morgan fingerprint density at radius 3 is 3.10 bits per heavy atom. The standard InChI is InChI=1S/C17H20N2O/c1-12-4-3-8-18-16(12)11-19-13(2)14-5-6-17-15(10-14)7-9-20-17/h3-6,8,10,13,19H,7,9,11H2,1-2H3. The maximum atomic E-state index is 5.55. The topological polar surface area (TPSA) is 34.2 Å². The van der Waals surface area contributed by atoms with Gasteiger partial charge in [0.25, 0.3) is 0 Å². The van der Waals surface area contributed by atoms with Crippen LogP contribution in [-0.2, 0) is 13.0 Å². The molecule has 2 heterocycles. The second kappa shape index (κ2) is 5.63. The highest BCUT2D eigenvalue weighted by atomic mass is 16.5. The van der Waals surface area contributed by atoms with Crippen molar-refractivity contribution in [2.75, 3.05) is 6.61 Å². The molecule has 2 aromatic rings. The number of aryl methyl sites for hydroxylation is 1. The molecule has 104 valence electrons. The fraction of sp³-hybridized carbons (Fsp3) is 0.353. The molecule has 3 nitrogen and oxygen atoms in total. The van der Waals surface area contributed by atoms with Gasteiger partial charge in [-0.15, -0.1) is 0 Å². The summed E-state index contributed by atoms with van der Waals surface area (Å²) in [6, 6.07) is 10.9. The Hall–Kier alpha value is -1.87. The monoisotopic (exact) mass is 268 g/mol. The molecule has 3 rings (SSSR count). The minimum absolute atomic E-state index is 0.308. The average Bonchev–Trinajstić information content (AvgIpc) is 2.93. The second-order valence-electron chi connectivity index (χ2n) is 5.34. The Morgan fingerprint density at radius 2 is 2.25 bits per heavy atom. The number of fused-ring (bicyclic) bond motifs is 1. The predicted molar refractivity (Wildman–Crippen MR) is 79.9 cm³/mol. The smallest absolute Gasteiger partial charge is 0.122 e. The number of ether oxygens (including phenoxy) is 1. The van der Waals surface area contributed by atoms with Crippen molar-refractivity contribution in [3.05, 3.63) is 58.9 Å². The molecule has 0 spiro atoms. The van der Waals surface area contributed by atoms with Gasteiger partial charge in [-0.1, -0.05) is 18.2 Å². The number of benzene rings is 1. The van der Waals surface area contributed by atoms with Gasteiger partial charge in [0.05, 0.1) is 12.3 Å². The van der Waals surface area contributed by atoms with Crippen LogP contribution in [0.25, 0.3) is 0 Å². The zero-order valence-electron chi connectivity index (χ0n) is 12.0. The molecule has 0 amide bonds. The molecule has 1 unspecified atom stereocenters. The lowest BCUT2D eigenvalue weighted by Gasteiger charge is -2.15. The molecule has 0 saturated heterocycles. The maximum Gasteiger partial charge on any atom is 0.122 e. The molecular formula is C17H20N2O. The number of nitrogens with zero attached hydrogens (tertiary/aromatic N) is 1. The van der Waals surface area contributed by atoms with E-state index in [0.29, 0.717) is 6.04 Å². The summed E-state index contributed by atoms with van der Waals surface area (Å²) < 4.78 is 5.55. The fourth-order valence-electron chi connectivity index (χ4n) is 2.55. The summed E-state index contributed by atoms with van der Waals surface area (Å²) in [6.45, 7) is 5.90. The molecule has 1 atom stereocenters. The molecule has 1 N–H and O–H groups in total. The van der Waals surface area contributed by atoms with Crippen molar-refractivity contribution in [3.63, 3.8) is 0 Å². The van der Waals surface area contributed by atoms with Crippen molar-refractivity contribution in [2.45, 2.75) is 32.9 Å². The maximum absolute atomic E-state index is 5.55. The van der Waals surface area contributed by atoms with Gasteiger partial charge in [0.1, 0.15) is 5.75 Å². The van der Waals surface area contributed by atoms with E-state index in [1.807, 2.05) is 12.3 Å². The number of rotatable bonds is 4. The SMILES string of the molecule is Cc1cccnc1CNC(C)c1ccc2c(c1)CCO2. The van der Waals surface area contributed by atoms with Crippen LogP contribution in [0.1, 0.15) is 35.3 Å². The highest BCUT2D eigenvalue weighted by molar-refractivity contribution is 5.40. The van der Waals surface area contributed by atoms with Gasteiger partial charge in [-0.3, -0.25) is 4.98 Å². The molecule has 0 bridgehead atoms. The normalized spacial score (nSPS) is 14.7. The highest BCUT2D eigenvalue weighted by Crippen LogP contribution is 2.28. The summed E-state index contributed by atoms with van der Waals surface area (Å²) in [5.74, 6) is 1.04. The average molecular weight is 268 g/mol.